The summed E-state index contributed by atoms with van der Waals surface area (Å²) in [4.78, 5) is 52.8. The van der Waals surface area contributed by atoms with Gasteiger partial charge in [0.15, 0.2) is 5.78 Å². The first kappa shape index (κ1) is 20.4. The number of carbonyl (C=O) groups is 4. The molecule has 0 radical (unpaired) electrons. The predicted octanol–water partition coefficient (Wildman–Crippen LogP) is 3.25. The molecule has 1 heterocycles. The molecule has 162 valence electrons. The van der Waals surface area contributed by atoms with E-state index in [9.17, 15) is 19.2 Å². The Bertz CT molecular complexity index is 1090. The van der Waals surface area contributed by atoms with Crippen molar-refractivity contribution >= 4 is 29.2 Å². The van der Waals surface area contributed by atoms with Gasteiger partial charge in [-0.15, -0.1) is 0 Å². The maximum absolute atomic E-state index is 13.4. The lowest BCUT2D eigenvalue weighted by molar-refractivity contribution is -0.147. The van der Waals surface area contributed by atoms with E-state index in [1.807, 2.05) is 42.5 Å². The fourth-order valence-corrected chi connectivity index (χ4v) is 5.38. The number of benzene rings is 2. The number of nitrogens with one attached hydrogen (secondary N) is 1. The van der Waals surface area contributed by atoms with Crippen LogP contribution in [-0.2, 0) is 20.8 Å². The molecular weight excluding hydrogens is 404 g/mol. The maximum Gasteiger partial charge on any atom is 0.248 e. The normalized spacial score (nSPS) is 26.3. The minimum absolute atomic E-state index is 0.0622. The van der Waals surface area contributed by atoms with Gasteiger partial charge in [-0.1, -0.05) is 42.5 Å². The Morgan fingerprint density at radius 3 is 2.09 bits per heavy atom. The average Bonchev–Trinajstić information content (AvgIpc) is 3.47. The molecule has 1 saturated heterocycles. The monoisotopic (exact) mass is 428 g/mol. The van der Waals surface area contributed by atoms with Crippen LogP contribution in [0.2, 0.25) is 0 Å². The van der Waals surface area contributed by atoms with Gasteiger partial charge in [0.1, 0.15) is 6.04 Å². The number of hydrogen-bond donors (Lipinski definition) is 1. The summed E-state index contributed by atoms with van der Waals surface area (Å²) in [5.41, 5.74) is 1.93. The van der Waals surface area contributed by atoms with E-state index in [-0.39, 0.29) is 47.7 Å². The van der Waals surface area contributed by atoms with Crippen LogP contribution in [0.1, 0.15) is 29.3 Å². The standard InChI is InChI=1S/C26H24N2O4/c1-15(29)17-9-11-20(12-10-17)27-24(30)21(13-16-5-3-2-4-6-16)28-25(31)22-18-7-8-19(14-18)23(22)26(28)32/h2-12,18-19,21-23H,13-14H2,1H3,(H,27,30)/t18-,19-,21-,22+,23+/m0/s1. The maximum atomic E-state index is 13.4. The second-order valence-corrected chi connectivity index (χ2v) is 8.87. The molecule has 5 rings (SSSR count). The van der Waals surface area contributed by atoms with E-state index in [4.69, 9.17) is 0 Å². The Morgan fingerprint density at radius 2 is 1.53 bits per heavy atom. The number of Topliss-reactive ketones (excluding diaryl/α,β-unsaturated/α-hetero) is 1. The molecule has 3 amide bonds. The van der Waals surface area contributed by atoms with Gasteiger partial charge in [-0.3, -0.25) is 24.1 Å². The number of allylic oxidation sites excluding steroid dienone is 2. The van der Waals surface area contributed by atoms with Crippen LogP contribution in [0.3, 0.4) is 0 Å². The molecule has 2 fully saturated rings. The van der Waals surface area contributed by atoms with Crippen LogP contribution in [0, 0.1) is 23.7 Å². The highest BCUT2D eigenvalue weighted by molar-refractivity contribution is 6.11. The quantitative estimate of drug-likeness (QED) is 0.435. The number of rotatable bonds is 6. The van der Waals surface area contributed by atoms with E-state index >= 15 is 0 Å². The number of ketones is 1. The Hall–Kier alpha value is -3.54. The summed E-state index contributed by atoms with van der Waals surface area (Å²) < 4.78 is 0. The van der Waals surface area contributed by atoms with Crippen molar-refractivity contribution in [2.24, 2.45) is 23.7 Å². The van der Waals surface area contributed by atoms with E-state index in [0.717, 1.165) is 12.0 Å². The molecule has 0 aromatic heterocycles. The van der Waals surface area contributed by atoms with Crippen LogP contribution in [0.15, 0.2) is 66.7 Å². The zero-order valence-corrected chi connectivity index (χ0v) is 17.7. The van der Waals surface area contributed by atoms with Gasteiger partial charge in [-0.25, -0.2) is 0 Å². The van der Waals surface area contributed by atoms with Gasteiger partial charge in [-0.05, 0) is 55.0 Å². The summed E-state index contributed by atoms with van der Waals surface area (Å²) in [6.45, 7) is 1.48. The zero-order valence-electron chi connectivity index (χ0n) is 17.7. The molecule has 1 aliphatic heterocycles. The molecule has 6 nitrogen and oxygen atoms in total. The minimum atomic E-state index is -0.935. The smallest absolute Gasteiger partial charge is 0.248 e. The van der Waals surface area contributed by atoms with Crippen molar-refractivity contribution in [1.82, 2.24) is 4.90 Å². The average molecular weight is 428 g/mol. The van der Waals surface area contributed by atoms with Gasteiger partial charge in [0.2, 0.25) is 17.7 Å². The molecule has 0 spiro atoms. The van der Waals surface area contributed by atoms with Gasteiger partial charge < -0.3 is 5.32 Å². The number of nitrogens with zero attached hydrogens (tertiary/aromatic N) is 1. The van der Waals surface area contributed by atoms with Gasteiger partial charge in [0.25, 0.3) is 0 Å². The SMILES string of the molecule is CC(=O)c1ccc(NC(=O)[C@H](Cc2ccccc2)N2C(=O)[C@H]3[C@H](C2=O)[C@H]2C=C[C@H]3C2)cc1. The lowest BCUT2D eigenvalue weighted by Crippen LogP contribution is -2.49. The first-order chi connectivity index (χ1) is 15.4. The van der Waals surface area contributed by atoms with Crippen LogP contribution in [-0.4, -0.2) is 34.4 Å². The van der Waals surface area contributed by atoms with Crippen molar-refractivity contribution < 1.29 is 19.2 Å². The van der Waals surface area contributed by atoms with Crippen molar-refractivity contribution in [2.75, 3.05) is 5.32 Å². The number of carbonyl (C=O) groups excluding carboxylic acids is 4. The van der Waals surface area contributed by atoms with Gasteiger partial charge in [0.05, 0.1) is 11.8 Å². The summed E-state index contributed by atoms with van der Waals surface area (Å²) >= 11 is 0. The molecule has 2 bridgehead atoms. The van der Waals surface area contributed by atoms with E-state index in [0.29, 0.717) is 11.3 Å². The predicted molar refractivity (Wildman–Crippen MR) is 119 cm³/mol. The highest BCUT2D eigenvalue weighted by Gasteiger charge is 2.61. The van der Waals surface area contributed by atoms with Gasteiger partial charge >= 0.3 is 0 Å². The Labute approximate surface area is 186 Å². The molecule has 6 heteroatoms. The summed E-state index contributed by atoms with van der Waals surface area (Å²) in [7, 11) is 0. The van der Waals surface area contributed by atoms with E-state index in [1.54, 1.807) is 24.3 Å². The Kier molecular flexibility index (Phi) is 5.00. The number of imide groups is 1. The second kappa shape index (κ2) is 7.86. The van der Waals surface area contributed by atoms with Gasteiger partial charge in [0, 0.05) is 17.7 Å². The Morgan fingerprint density at radius 1 is 0.938 bits per heavy atom. The molecular formula is C26H24N2O4. The molecule has 1 saturated carbocycles. The lowest BCUT2D eigenvalue weighted by Gasteiger charge is -2.27. The first-order valence-electron chi connectivity index (χ1n) is 10.9. The van der Waals surface area contributed by atoms with Crippen LogP contribution in [0.5, 0.6) is 0 Å². The molecule has 0 unspecified atom stereocenters. The number of hydrogen-bond acceptors (Lipinski definition) is 4. The fourth-order valence-electron chi connectivity index (χ4n) is 5.38. The van der Waals surface area contributed by atoms with Crippen molar-refractivity contribution in [2.45, 2.75) is 25.8 Å². The number of fused-ring (bicyclic) bond motifs is 5. The summed E-state index contributed by atoms with van der Waals surface area (Å²) in [6, 6.07) is 15.1. The van der Waals surface area contributed by atoms with Crippen LogP contribution < -0.4 is 5.32 Å². The molecule has 1 N–H and O–H groups in total. The molecule has 2 aromatic carbocycles. The lowest BCUT2D eigenvalue weighted by atomic mass is 9.85. The molecule has 2 aromatic rings. The first-order valence-corrected chi connectivity index (χ1v) is 10.9. The highest BCUT2D eigenvalue weighted by Crippen LogP contribution is 2.53. The number of likely N-dealkylation sites (tertiary alicyclic amines) is 1. The second-order valence-electron chi connectivity index (χ2n) is 8.87. The molecule has 3 aliphatic rings. The van der Waals surface area contributed by atoms with Crippen molar-refractivity contribution in [3.05, 3.63) is 77.9 Å². The third kappa shape index (κ3) is 3.36. The van der Waals surface area contributed by atoms with E-state index < -0.39 is 11.9 Å². The molecule has 2 aliphatic carbocycles. The largest absolute Gasteiger partial charge is 0.324 e. The van der Waals surface area contributed by atoms with E-state index in [2.05, 4.69) is 5.32 Å². The molecule has 5 atom stereocenters. The minimum Gasteiger partial charge on any atom is -0.324 e. The topological polar surface area (TPSA) is 83.6 Å². The van der Waals surface area contributed by atoms with Gasteiger partial charge in [-0.2, -0.15) is 0 Å². The fraction of sp³-hybridized carbons (Fsp3) is 0.308. The highest BCUT2D eigenvalue weighted by atomic mass is 16.2. The van der Waals surface area contributed by atoms with Crippen molar-refractivity contribution in [1.29, 1.82) is 0 Å². The summed E-state index contributed by atoms with van der Waals surface area (Å²) in [5.74, 6) is -1.46. The number of amides is 3. The summed E-state index contributed by atoms with van der Waals surface area (Å²) in [6.07, 6.45) is 5.18. The zero-order chi connectivity index (χ0) is 22.4. The van der Waals surface area contributed by atoms with Crippen molar-refractivity contribution in [3.63, 3.8) is 0 Å². The van der Waals surface area contributed by atoms with Crippen LogP contribution in [0.4, 0.5) is 5.69 Å². The van der Waals surface area contributed by atoms with Crippen molar-refractivity contribution in [3.8, 4) is 0 Å². The number of anilines is 1. The van der Waals surface area contributed by atoms with Crippen LogP contribution >= 0.6 is 0 Å². The Balaban J connectivity index is 1.43. The van der Waals surface area contributed by atoms with Crippen LogP contribution in [0.25, 0.3) is 0 Å². The summed E-state index contributed by atoms with van der Waals surface area (Å²) in [5, 5.41) is 2.84. The third-order valence-corrected chi connectivity index (χ3v) is 6.95. The molecule has 32 heavy (non-hydrogen) atoms. The van der Waals surface area contributed by atoms with E-state index in [1.165, 1.54) is 11.8 Å². The third-order valence-electron chi connectivity index (χ3n) is 6.95.